The SMILES string of the molecule is N#Cc1cccc(C#N)c1-c1cccc2ccccc12. The van der Waals surface area contributed by atoms with Crippen molar-refractivity contribution in [3.05, 3.63) is 71.8 Å². The van der Waals surface area contributed by atoms with Gasteiger partial charge in [-0.3, -0.25) is 0 Å². The van der Waals surface area contributed by atoms with E-state index in [2.05, 4.69) is 12.1 Å². The Hall–Kier alpha value is -3.10. The van der Waals surface area contributed by atoms with Gasteiger partial charge in [0, 0.05) is 5.56 Å². The van der Waals surface area contributed by atoms with Crippen LogP contribution in [0.1, 0.15) is 11.1 Å². The molecule has 0 aliphatic rings. The van der Waals surface area contributed by atoms with Crippen molar-refractivity contribution in [3.8, 4) is 23.3 Å². The van der Waals surface area contributed by atoms with Crippen LogP contribution in [-0.4, -0.2) is 0 Å². The molecule has 3 aromatic rings. The maximum atomic E-state index is 9.31. The highest BCUT2D eigenvalue weighted by molar-refractivity contribution is 5.99. The number of benzene rings is 3. The molecule has 0 aliphatic carbocycles. The van der Waals surface area contributed by atoms with Crippen LogP contribution >= 0.6 is 0 Å². The average Bonchev–Trinajstić information content (AvgIpc) is 2.53. The fourth-order valence-electron chi connectivity index (χ4n) is 2.47. The van der Waals surface area contributed by atoms with Gasteiger partial charge in [0.05, 0.1) is 23.3 Å². The van der Waals surface area contributed by atoms with Gasteiger partial charge in [-0.25, -0.2) is 0 Å². The highest BCUT2D eigenvalue weighted by atomic mass is 14.3. The molecule has 0 bridgehead atoms. The summed E-state index contributed by atoms with van der Waals surface area (Å²) >= 11 is 0. The molecule has 0 aromatic heterocycles. The first-order chi connectivity index (χ1) is 9.85. The number of nitrogens with zero attached hydrogens (tertiary/aromatic N) is 2. The summed E-state index contributed by atoms with van der Waals surface area (Å²) in [7, 11) is 0. The molecule has 0 amide bonds. The maximum absolute atomic E-state index is 9.31. The molecule has 0 atom stereocenters. The van der Waals surface area contributed by atoms with Crippen LogP contribution in [0.25, 0.3) is 21.9 Å². The molecular formula is C18H10N2. The molecule has 2 heteroatoms. The molecule has 0 saturated heterocycles. The van der Waals surface area contributed by atoms with Gasteiger partial charge in [0.15, 0.2) is 0 Å². The van der Waals surface area contributed by atoms with Gasteiger partial charge in [0.1, 0.15) is 0 Å². The van der Waals surface area contributed by atoms with Crippen LogP contribution in [0.5, 0.6) is 0 Å². The number of rotatable bonds is 1. The monoisotopic (exact) mass is 254 g/mol. The zero-order valence-corrected chi connectivity index (χ0v) is 10.7. The van der Waals surface area contributed by atoms with Crippen molar-refractivity contribution in [2.75, 3.05) is 0 Å². The van der Waals surface area contributed by atoms with Crippen molar-refractivity contribution in [3.63, 3.8) is 0 Å². The van der Waals surface area contributed by atoms with Gasteiger partial charge < -0.3 is 0 Å². The summed E-state index contributed by atoms with van der Waals surface area (Å²) in [6.07, 6.45) is 0. The predicted molar refractivity (Wildman–Crippen MR) is 78.8 cm³/mol. The highest BCUT2D eigenvalue weighted by Crippen LogP contribution is 2.33. The van der Waals surface area contributed by atoms with E-state index in [4.69, 9.17) is 0 Å². The third-order valence-electron chi connectivity index (χ3n) is 3.36. The molecule has 0 heterocycles. The minimum absolute atomic E-state index is 0.528. The number of fused-ring (bicyclic) bond motifs is 1. The van der Waals surface area contributed by atoms with Crippen molar-refractivity contribution in [1.82, 2.24) is 0 Å². The molecule has 0 radical (unpaired) electrons. The second-order valence-electron chi connectivity index (χ2n) is 4.48. The normalized spacial score (nSPS) is 9.90. The summed E-state index contributed by atoms with van der Waals surface area (Å²) < 4.78 is 0. The largest absolute Gasteiger partial charge is 0.192 e. The van der Waals surface area contributed by atoms with Gasteiger partial charge in [-0.1, -0.05) is 48.5 Å². The van der Waals surface area contributed by atoms with Gasteiger partial charge in [-0.05, 0) is 28.5 Å². The van der Waals surface area contributed by atoms with Gasteiger partial charge in [0.2, 0.25) is 0 Å². The molecule has 0 spiro atoms. The number of hydrogen-bond donors (Lipinski definition) is 0. The van der Waals surface area contributed by atoms with Gasteiger partial charge in [-0.2, -0.15) is 10.5 Å². The summed E-state index contributed by atoms with van der Waals surface area (Å²) in [4.78, 5) is 0. The molecule has 92 valence electrons. The first-order valence-electron chi connectivity index (χ1n) is 6.26. The average molecular weight is 254 g/mol. The lowest BCUT2D eigenvalue weighted by Gasteiger charge is -2.10. The summed E-state index contributed by atoms with van der Waals surface area (Å²) in [5.41, 5.74) is 2.70. The van der Waals surface area contributed by atoms with Crippen LogP contribution in [0.4, 0.5) is 0 Å². The Bertz CT molecular complexity index is 842. The third kappa shape index (κ3) is 1.81. The molecule has 0 unspecified atom stereocenters. The molecule has 3 aromatic carbocycles. The fourth-order valence-corrected chi connectivity index (χ4v) is 2.47. The van der Waals surface area contributed by atoms with E-state index >= 15 is 0 Å². The molecule has 20 heavy (non-hydrogen) atoms. The van der Waals surface area contributed by atoms with Gasteiger partial charge in [-0.15, -0.1) is 0 Å². The Balaban J connectivity index is 2.44. The third-order valence-corrected chi connectivity index (χ3v) is 3.36. The first-order valence-corrected chi connectivity index (χ1v) is 6.26. The van der Waals surface area contributed by atoms with Crippen molar-refractivity contribution < 1.29 is 0 Å². The van der Waals surface area contributed by atoms with Crippen molar-refractivity contribution >= 4 is 10.8 Å². The van der Waals surface area contributed by atoms with E-state index in [1.165, 1.54) is 0 Å². The maximum Gasteiger partial charge on any atom is 0.0998 e. The minimum Gasteiger partial charge on any atom is -0.192 e. The quantitative estimate of drug-likeness (QED) is 0.651. The second-order valence-corrected chi connectivity index (χ2v) is 4.48. The molecule has 0 fully saturated rings. The van der Waals surface area contributed by atoms with Crippen LogP contribution in [0, 0.1) is 22.7 Å². The van der Waals surface area contributed by atoms with Crippen molar-refractivity contribution in [2.24, 2.45) is 0 Å². The Morgan fingerprint density at radius 3 is 1.95 bits per heavy atom. The molecule has 3 rings (SSSR count). The fraction of sp³-hybridized carbons (Fsp3) is 0. The topological polar surface area (TPSA) is 47.6 Å². The van der Waals surface area contributed by atoms with Crippen LogP contribution < -0.4 is 0 Å². The van der Waals surface area contributed by atoms with E-state index in [1.54, 1.807) is 18.2 Å². The van der Waals surface area contributed by atoms with E-state index in [-0.39, 0.29) is 0 Å². The highest BCUT2D eigenvalue weighted by Gasteiger charge is 2.12. The van der Waals surface area contributed by atoms with Crippen LogP contribution in [0.15, 0.2) is 60.7 Å². The number of hydrogen-bond acceptors (Lipinski definition) is 2. The van der Waals surface area contributed by atoms with E-state index in [1.807, 2.05) is 42.5 Å². The van der Waals surface area contributed by atoms with Gasteiger partial charge in [0.25, 0.3) is 0 Å². The lowest BCUT2D eigenvalue weighted by Crippen LogP contribution is -1.90. The van der Waals surface area contributed by atoms with Crippen molar-refractivity contribution in [2.45, 2.75) is 0 Å². The van der Waals surface area contributed by atoms with E-state index < -0.39 is 0 Å². The van der Waals surface area contributed by atoms with Gasteiger partial charge >= 0.3 is 0 Å². The van der Waals surface area contributed by atoms with E-state index in [0.29, 0.717) is 16.7 Å². The molecule has 0 saturated carbocycles. The summed E-state index contributed by atoms with van der Waals surface area (Å²) in [6, 6.07) is 23.5. The second kappa shape index (κ2) is 4.88. The Kier molecular flexibility index (Phi) is 2.92. The molecule has 2 nitrogen and oxygen atoms in total. The van der Waals surface area contributed by atoms with Crippen LogP contribution in [-0.2, 0) is 0 Å². The number of nitriles is 2. The lowest BCUT2D eigenvalue weighted by atomic mass is 9.91. The summed E-state index contributed by atoms with van der Waals surface area (Å²) in [6.45, 7) is 0. The van der Waals surface area contributed by atoms with E-state index in [0.717, 1.165) is 16.3 Å². The summed E-state index contributed by atoms with van der Waals surface area (Å²) in [5, 5.41) is 20.8. The standard InChI is InChI=1S/C18H10N2/c19-11-14-7-3-8-15(12-20)18(14)17-10-4-6-13-5-1-2-9-16(13)17/h1-10H. The Morgan fingerprint density at radius 1 is 0.650 bits per heavy atom. The smallest absolute Gasteiger partial charge is 0.0998 e. The zero-order valence-electron chi connectivity index (χ0n) is 10.7. The molecule has 0 N–H and O–H groups in total. The van der Waals surface area contributed by atoms with Crippen LogP contribution in [0.3, 0.4) is 0 Å². The molecule has 0 aliphatic heterocycles. The Morgan fingerprint density at radius 2 is 1.25 bits per heavy atom. The minimum atomic E-state index is 0.528. The zero-order chi connectivity index (χ0) is 13.9. The summed E-state index contributed by atoms with van der Waals surface area (Å²) in [5.74, 6) is 0. The van der Waals surface area contributed by atoms with Crippen LogP contribution in [0.2, 0.25) is 0 Å². The Labute approximate surface area is 117 Å². The lowest BCUT2D eigenvalue weighted by molar-refractivity contribution is 1.44. The predicted octanol–water partition coefficient (Wildman–Crippen LogP) is 4.25. The first kappa shape index (κ1) is 12.0. The van der Waals surface area contributed by atoms with E-state index in [9.17, 15) is 10.5 Å². The van der Waals surface area contributed by atoms with Crippen molar-refractivity contribution in [1.29, 1.82) is 10.5 Å². The molecular weight excluding hydrogens is 244 g/mol.